The number of hydrogen-bond donors (Lipinski definition) is 2. The predicted molar refractivity (Wildman–Crippen MR) is 170 cm³/mol. The molecule has 0 aromatic heterocycles. The molecule has 2 heterocycles. The molecule has 0 radical (unpaired) electrons. The van der Waals surface area contributed by atoms with Crippen LogP contribution < -0.4 is 10.6 Å². The summed E-state index contributed by atoms with van der Waals surface area (Å²) < 4.78 is 10.5. The second-order valence-electron chi connectivity index (χ2n) is 15.6. The largest absolute Gasteiger partial charge is 0.467 e. The summed E-state index contributed by atoms with van der Waals surface area (Å²) in [4.78, 5) is 69.5. The Morgan fingerprint density at radius 2 is 1.63 bits per heavy atom. The van der Waals surface area contributed by atoms with Crippen molar-refractivity contribution in [2.24, 2.45) is 5.41 Å². The van der Waals surface area contributed by atoms with Crippen LogP contribution in [0.25, 0.3) is 0 Å². The molecule has 6 rings (SSSR count). The van der Waals surface area contributed by atoms with E-state index >= 15 is 0 Å². The van der Waals surface area contributed by atoms with E-state index in [0.29, 0.717) is 38.6 Å². The molecule has 0 spiro atoms. The number of ether oxygens (including phenoxy) is 2. The van der Waals surface area contributed by atoms with Gasteiger partial charge in [-0.3, -0.25) is 14.4 Å². The number of rotatable bonds is 9. The van der Waals surface area contributed by atoms with Crippen LogP contribution in [0, 0.1) is 5.41 Å². The Bertz CT molecular complexity index is 1360. The van der Waals surface area contributed by atoms with Gasteiger partial charge in [-0.2, -0.15) is 0 Å². The lowest BCUT2D eigenvalue weighted by atomic mass is 9.38. The molecule has 1 saturated heterocycles. The first-order valence-electron chi connectivity index (χ1n) is 16.6. The zero-order valence-corrected chi connectivity index (χ0v) is 28.2. The minimum absolute atomic E-state index is 0.00757. The van der Waals surface area contributed by atoms with E-state index in [9.17, 15) is 24.0 Å². The number of esters is 1. The van der Waals surface area contributed by atoms with Crippen molar-refractivity contribution in [1.82, 2.24) is 20.4 Å². The van der Waals surface area contributed by atoms with Crippen LogP contribution in [0.15, 0.2) is 24.3 Å². The number of carbonyl (C=O) groups excluding carboxylic acids is 5. The van der Waals surface area contributed by atoms with Crippen molar-refractivity contribution >= 4 is 29.8 Å². The van der Waals surface area contributed by atoms with E-state index in [0.717, 1.165) is 30.4 Å². The average molecular weight is 639 g/mol. The van der Waals surface area contributed by atoms with Gasteiger partial charge >= 0.3 is 12.1 Å². The maximum atomic E-state index is 13.9. The highest BCUT2D eigenvalue weighted by atomic mass is 16.6. The molecule has 3 aliphatic carbocycles. The minimum atomic E-state index is -0.894. The van der Waals surface area contributed by atoms with E-state index < -0.39 is 35.7 Å². The molecule has 2 aliphatic heterocycles. The molecule has 5 aliphatic rings. The van der Waals surface area contributed by atoms with Crippen molar-refractivity contribution in [3.8, 4) is 0 Å². The van der Waals surface area contributed by atoms with Gasteiger partial charge in [0, 0.05) is 43.4 Å². The first-order valence-corrected chi connectivity index (χ1v) is 16.6. The quantitative estimate of drug-likeness (QED) is 0.391. The molecule has 1 aromatic rings. The molecule has 3 saturated carbocycles. The number of fused-ring (bicyclic) bond motifs is 1. The summed E-state index contributed by atoms with van der Waals surface area (Å²) in [6.45, 7) is 10.5. The Morgan fingerprint density at radius 3 is 2.26 bits per heavy atom. The Hall–Kier alpha value is -3.63. The zero-order valence-electron chi connectivity index (χ0n) is 28.2. The molecule has 2 atom stereocenters. The number of likely N-dealkylation sites (tertiary alicyclic amines) is 1. The second kappa shape index (κ2) is 12.5. The monoisotopic (exact) mass is 638 g/mol. The molecule has 11 heteroatoms. The van der Waals surface area contributed by atoms with E-state index in [1.807, 2.05) is 49.9 Å². The predicted octanol–water partition coefficient (Wildman–Crippen LogP) is 4.01. The van der Waals surface area contributed by atoms with Crippen LogP contribution in [0.3, 0.4) is 0 Å². The van der Waals surface area contributed by atoms with Gasteiger partial charge < -0.3 is 29.9 Å². The fourth-order valence-electron chi connectivity index (χ4n) is 8.14. The van der Waals surface area contributed by atoms with Crippen LogP contribution in [0.2, 0.25) is 0 Å². The maximum absolute atomic E-state index is 13.9. The van der Waals surface area contributed by atoms with Gasteiger partial charge in [-0.15, -0.1) is 0 Å². The normalized spacial score (nSPS) is 26.8. The third-order valence-electron chi connectivity index (χ3n) is 10.2. The summed E-state index contributed by atoms with van der Waals surface area (Å²) in [6.07, 6.45) is 5.35. The second-order valence-corrected chi connectivity index (χ2v) is 15.6. The van der Waals surface area contributed by atoms with Gasteiger partial charge in [-0.25, -0.2) is 9.59 Å². The summed E-state index contributed by atoms with van der Waals surface area (Å²) in [7, 11) is 1.29. The van der Waals surface area contributed by atoms with Gasteiger partial charge in [-0.1, -0.05) is 24.3 Å². The number of carbonyl (C=O) groups is 5. The highest BCUT2D eigenvalue weighted by Gasteiger charge is 2.69. The number of alkyl carbamates (subject to hydrolysis) is 1. The topological polar surface area (TPSA) is 134 Å². The van der Waals surface area contributed by atoms with Crippen molar-refractivity contribution in [2.45, 2.75) is 134 Å². The van der Waals surface area contributed by atoms with Gasteiger partial charge in [0.2, 0.25) is 17.7 Å². The third kappa shape index (κ3) is 7.18. The Morgan fingerprint density at radius 1 is 0.978 bits per heavy atom. The molecule has 1 unspecified atom stereocenters. The van der Waals surface area contributed by atoms with E-state index in [1.165, 1.54) is 7.11 Å². The van der Waals surface area contributed by atoms with Crippen molar-refractivity contribution in [2.75, 3.05) is 13.7 Å². The summed E-state index contributed by atoms with van der Waals surface area (Å²) in [6, 6.07) is 6.00. The first-order chi connectivity index (χ1) is 21.5. The average Bonchev–Trinajstić information content (AvgIpc) is 2.95. The van der Waals surface area contributed by atoms with Gasteiger partial charge in [0.25, 0.3) is 0 Å². The van der Waals surface area contributed by atoms with Crippen LogP contribution in [0.5, 0.6) is 0 Å². The lowest BCUT2D eigenvalue weighted by molar-refractivity contribution is -0.171. The highest BCUT2D eigenvalue weighted by molar-refractivity contribution is 5.92. The number of hydrogen-bond acceptors (Lipinski definition) is 7. The van der Waals surface area contributed by atoms with Crippen molar-refractivity contribution in [1.29, 1.82) is 0 Å². The Kier molecular flexibility index (Phi) is 9.18. The third-order valence-corrected chi connectivity index (χ3v) is 10.2. The molecule has 2 bridgehead atoms. The Labute approximate surface area is 272 Å². The molecular weight excluding hydrogens is 588 g/mol. The molecular formula is C35H50N4O7. The number of nitrogens with zero attached hydrogens (tertiary/aromatic N) is 2. The molecule has 11 nitrogen and oxygen atoms in total. The van der Waals surface area contributed by atoms with Crippen LogP contribution in [0.1, 0.15) is 104 Å². The standard InChI is InChI=1S/C35H50N4O7/c1-32(2,3)46-31(44)37-35-20-34(21-35,22-35)18-25(30(43)45-6)36-29(42)26-17-23-11-7-8-12-24(23)19-38(26)27(40)13-14-28(41)39-16-10-9-15-33(39,4)5/h7-8,11-12,25-26H,9-10,13-22H2,1-6H3,(H,36,42)(H,37,44)/t25?,26-,34?,35?/m0/s1. The van der Waals surface area contributed by atoms with E-state index in [1.54, 1.807) is 4.90 Å². The van der Waals surface area contributed by atoms with Crippen molar-refractivity contribution in [3.05, 3.63) is 35.4 Å². The van der Waals surface area contributed by atoms with Crippen molar-refractivity contribution in [3.63, 3.8) is 0 Å². The molecule has 2 N–H and O–H groups in total. The summed E-state index contributed by atoms with van der Waals surface area (Å²) >= 11 is 0. The molecule has 46 heavy (non-hydrogen) atoms. The van der Waals surface area contributed by atoms with E-state index in [2.05, 4.69) is 24.5 Å². The van der Waals surface area contributed by atoms with Crippen LogP contribution in [-0.2, 0) is 41.6 Å². The summed E-state index contributed by atoms with van der Waals surface area (Å²) in [5, 5.41) is 5.91. The number of nitrogens with one attached hydrogen (secondary N) is 2. The molecule has 1 aromatic carbocycles. The first kappa shape index (κ1) is 33.7. The fourth-order valence-corrected chi connectivity index (χ4v) is 8.14. The van der Waals surface area contributed by atoms with Crippen molar-refractivity contribution < 1.29 is 33.4 Å². The van der Waals surface area contributed by atoms with Gasteiger partial charge in [-0.05, 0) is 96.1 Å². The number of piperidine rings is 1. The lowest BCUT2D eigenvalue weighted by Gasteiger charge is -2.71. The maximum Gasteiger partial charge on any atom is 0.408 e. The summed E-state index contributed by atoms with van der Waals surface area (Å²) in [5.41, 5.74) is 0.564. The molecule has 4 amide bonds. The Balaban J connectivity index is 1.24. The SMILES string of the molecule is COC(=O)C(CC12CC(NC(=O)OC(C)(C)C)(C1)C2)NC(=O)[C@@H]1Cc2ccccc2CN1C(=O)CCC(=O)N1CCCCC1(C)C. The van der Waals surface area contributed by atoms with Crippen LogP contribution >= 0.6 is 0 Å². The van der Waals surface area contributed by atoms with Gasteiger partial charge in [0.15, 0.2) is 0 Å². The van der Waals surface area contributed by atoms with Gasteiger partial charge in [0.05, 0.1) is 7.11 Å². The summed E-state index contributed by atoms with van der Waals surface area (Å²) in [5.74, 6) is -1.27. The van der Waals surface area contributed by atoms with Gasteiger partial charge in [0.1, 0.15) is 17.7 Å². The highest BCUT2D eigenvalue weighted by Crippen LogP contribution is 2.69. The zero-order chi connectivity index (χ0) is 33.5. The smallest absolute Gasteiger partial charge is 0.408 e. The van der Waals surface area contributed by atoms with E-state index in [-0.39, 0.29) is 47.7 Å². The fraction of sp³-hybridized carbons (Fsp3) is 0.686. The van der Waals surface area contributed by atoms with Crippen LogP contribution in [-0.4, -0.2) is 82.0 Å². The van der Waals surface area contributed by atoms with E-state index in [4.69, 9.17) is 9.47 Å². The lowest BCUT2D eigenvalue weighted by Crippen LogP contribution is -2.76. The van der Waals surface area contributed by atoms with Crippen LogP contribution in [0.4, 0.5) is 4.79 Å². The number of methoxy groups -OCH3 is 1. The molecule has 252 valence electrons. The molecule has 4 fully saturated rings. The minimum Gasteiger partial charge on any atom is -0.467 e. The number of amides is 4. The number of benzene rings is 1.